The maximum absolute atomic E-state index is 12.3. The van der Waals surface area contributed by atoms with Crippen LogP contribution in [0.25, 0.3) is 0 Å². The highest BCUT2D eigenvalue weighted by atomic mass is 35.5. The van der Waals surface area contributed by atoms with Gasteiger partial charge in [-0.05, 0) is 55.5 Å². The van der Waals surface area contributed by atoms with Crippen LogP contribution in [0.4, 0.5) is 0 Å². The lowest BCUT2D eigenvalue weighted by Crippen LogP contribution is -2.37. The van der Waals surface area contributed by atoms with E-state index in [0.717, 1.165) is 37.0 Å². The number of hydrogen-bond acceptors (Lipinski definition) is 3. The molecule has 0 spiro atoms. The first kappa shape index (κ1) is 18.5. The number of carbonyl (C=O) groups is 2. The van der Waals surface area contributed by atoms with Crippen molar-refractivity contribution in [3.8, 4) is 0 Å². The van der Waals surface area contributed by atoms with E-state index in [1.54, 1.807) is 12.3 Å². The van der Waals surface area contributed by atoms with Crippen LogP contribution in [0.1, 0.15) is 37.0 Å². The van der Waals surface area contributed by atoms with Gasteiger partial charge < -0.3 is 15.1 Å². The van der Waals surface area contributed by atoms with E-state index in [4.69, 9.17) is 16.0 Å². The summed E-state index contributed by atoms with van der Waals surface area (Å²) >= 11 is 5.86. The summed E-state index contributed by atoms with van der Waals surface area (Å²) in [5.41, 5.74) is 1.02. The molecular formula is C20H23ClN2O3. The van der Waals surface area contributed by atoms with Crippen LogP contribution in [-0.2, 0) is 22.7 Å². The second-order valence-corrected chi connectivity index (χ2v) is 7.13. The van der Waals surface area contributed by atoms with E-state index in [2.05, 4.69) is 10.6 Å². The second kappa shape index (κ2) is 8.90. The molecule has 3 rings (SSSR count). The molecule has 5 nitrogen and oxygen atoms in total. The Morgan fingerprint density at radius 3 is 2.04 bits per heavy atom. The van der Waals surface area contributed by atoms with Gasteiger partial charge >= 0.3 is 0 Å². The molecule has 1 fully saturated rings. The Balaban J connectivity index is 1.39. The van der Waals surface area contributed by atoms with Crippen LogP contribution in [0.2, 0.25) is 5.02 Å². The predicted octanol–water partition coefficient (Wildman–Crippen LogP) is 3.67. The number of furan rings is 1. The fraction of sp³-hybridized carbons (Fsp3) is 0.400. The van der Waals surface area contributed by atoms with E-state index < -0.39 is 0 Å². The maximum Gasteiger partial charge on any atom is 0.223 e. The van der Waals surface area contributed by atoms with E-state index in [1.165, 1.54) is 0 Å². The van der Waals surface area contributed by atoms with E-state index in [1.807, 2.05) is 30.3 Å². The number of amides is 2. The van der Waals surface area contributed by atoms with Gasteiger partial charge in [0.2, 0.25) is 11.8 Å². The van der Waals surface area contributed by atoms with E-state index in [0.29, 0.717) is 18.1 Å². The van der Waals surface area contributed by atoms with Crippen LogP contribution in [0.15, 0.2) is 47.1 Å². The number of hydrogen-bond donors (Lipinski definition) is 2. The molecule has 1 aromatic heterocycles. The molecule has 1 aliphatic rings. The van der Waals surface area contributed by atoms with Crippen molar-refractivity contribution in [3.63, 3.8) is 0 Å². The van der Waals surface area contributed by atoms with Gasteiger partial charge in [-0.15, -0.1) is 0 Å². The average molecular weight is 375 g/mol. The van der Waals surface area contributed by atoms with E-state index in [-0.39, 0.29) is 23.7 Å². The quantitative estimate of drug-likeness (QED) is 0.810. The Morgan fingerprint density at radius 1 is 0.923 bits per heavy atom. The molecular weight excluding hydrogens is 352 g/mol. The average Bonchev–Trinajstić information content (AvgIpc) is 3.19. The van der Waals surface area contributed by atoms with Gasteiger partial charge in [0.15, 0.2) is 0 Å². The summed E-state index contributed by atoms with van der Waals surface area (Å²) in [6.07, 6.45) is 4.55. The van der Waals surface area contributed by atoms with Crippen LogP contribution < -0.4 is 10.6 Å². The Labute approximate surface area is 158 Å². The summed E-state index contributed by atoms with van der Waals surface area (Å²) in [6.45, 7) is 0.910. The third-order valence-electron chi connectivity index (χ3n) is 4.87. The Bertz CT molecular complexity index is 720. The summed E-state index contributed by atoms with van der Waals surface area (Å²) in [4.78, 5) is 24.6. The molecule has 2 N–H and O–H groups in total. The number of rotatable bonds is 6. The number of carbonyl (C=O) groups excluding carboxylic acids is 2. The SMILES string of the molecule is O=C(NCc1ccc(Cl)cc1)C1CCC(C(=O)NCc2ccco2)CC1. The van der Waals surface area contributed by atoms with Gasteiger partial charge in [0, 0.05) is 23.4 Å². The first-order chi connectivity index (χ1) is 12.6. The van der Waals surface area contributed by atoms with Crippen LogP contribution in [0.3, 0.4) is 0 Å². The van der Waals surface area contributed by atoms with Crippen molar-refractivity contribution in [1.29, 1.82) is 0 Å². The summed E-state index contributed by atoms with van der Waals surface area (Å²) < 4.78 is 5.21. The van der Waals surface area contributed by atoms with Crippen molar-refractivity contribution >= 4 is 23.4 Å². The van der Waals surface area contributed by atoms with Gasteiger partial charge in [-0.2, -0.15) is 0 Å². The third-order valence-corrected chi connectivity index (χ3v) is 5.12. The molecule has 1 aromatic carbocycles. The molecule has 0 aliphatic heterocycles. The van der Waals surface area contributed by atoms with Gasteiger partial charge in [0.25, 0.3) is 0 Å². The minimum Gasteiger partial charge on any atom is -0.467 e. The minimum atomic E-state index is -0.0229. The first-order valence-electron chi connectivity index (χ1n) is 8.94. The lowest BCUT2D eigenvalue weighted by atomic mass is 9.81. The smallest absolute Gasteiger partial charge is 0.223 e. The summed E-state index contributed by atoms with van der Waals surface area (Å²) in [5, 5.41) is 6.57. The van der Waals surface area contributed by atoms with Gasteiger partial charge in [-0.25, -0.2) is 0 Å². The fourth-order valence-electron chi connectivity index (χ4n) is 3.29. The van der Waals surface area contributed by atoms with Gasteiger partial charge in [0.1, 0.15) is 5.76 Å². The van der Waals surface area contributed by atoms with Crippen molar-refractivity contribution in [2.24, 2.45) is 11.8 Å². The highest BCUT2D eigenvalue weighted by Gasteiger charge is 2.29. The maximum atomic E-state index is 12.3. The normalized spacial score (nSPS) is 19.7. The zero-order valence-electron chi connectivity index (χ0n) is 14.5. The molecule has 2 aromatic rings. The number of benzene rings is 1. The minimum absolute atomic E-state index is 0.0172. The summed E-state index contributed by atoms with van der Waals surface area (Å²) in [5.74, 6) is 0.811. The highest BCUT2D eigenvalue weighted by Crippen LogP contribution is 2.29. The van der Waals surface area contributed by atoms with Gasteiger partial charge in [0.05, 0.1) is 12.8 Å². The molecule has 2 amide bonds. The molecule has 0 saturated heterocycles. The highest BCUT2D eigenvalue weighted by molar-refractivity contribution is 6.30. The molecule has 1 saturated carbocycles. The van der Waals surface area contributed by atoms with E-state index in [9.17, 15) is 9.59 Å². The monoisotopic (exact) mass is 374 g/mol. The van der Waals surface area contributed by atoms with Crippen molar-refractivity contribution in [2.75, 3.05) is 0 Å². The fourth-order valence-corrected chi connectivity index (χ4v) is 3.41. The largest absolute Gasteiger partial charge is 0.467 e. The van der Waals surface area contributed by atoms with Crippen molar-refractivity contribution in [1.82, 2.24) is 10.6 Å². The summed E-state index contributed by atoms with van der Waals surface area (Å²) in [7, 11) is 0. The predicted molar refractivity (Wildman–Crippen MR) is 99.3 cm³/mol. The molecule has 0 atom stereocenters. The molecule has 26 heavy (non-hydrogen) atoms. The molecule has 0 bridgehead atoms. The topological polar surface area (TPSA) is 71.3 Å². The van der Waals surface area contributed by atoms with Crippen LogP contribution in [0.5, 0.6) is 0 Å². The van der Waals surface area contributed by atoms with Crippen LogP contribution in [-0.4, -0.2) is 11.8 Å². The lowest BCUT2D eigenvalue weighted by Gasteiger charge is -2.27. The van der Waals surface area contributed by atoms with Crippen molar-refractivity contribution in [2.45, 2.75) is 38.8 Å². The molecule has 0 unspecified atom stereocenters. The summed E-state index contributed by atoms with van der Waals surface area (Å²) in [6, 6.07) is 11.1. The Hall–Kier alpha value is -2.27. The Morgan fingerprint density at radius 2 is 1.50 bits per heavy atom. The molecule has 6 heteroatoms. The molecule has 138 valence electrons. The zero-order chi connectivity index (χ0) is 18.4. The Kier molecular flexibility index (Phi) is 6.34. The van der Waals surface area contributed by atoms with Gasteiger partial charge in [-0.3, -0.25) is 9.59 Å². The van der Waals surface area contributed by atoms with E-state index >= 15 is 0 Å². The van der Waals surface area contributed by atoms with Crippen LogP contribution in [0, 0.1) is 11.8 Å². The molecule has 1 aliphatic carbocycles. The second-order valence-electron chi connectivity index (χ2n) is 6.69. The third kappa shape index (κ3) is 5.11. The zero-order valence-corrected chi connectivity index (χ0v) is 15.3. The van der Waals surface area contributed by atoms with Gasteiger partial charge in [-0.1, -0.05) is 23.7 Å². The van der Waals surface area contributed by atoms with Crippen molar-refractivity contribution < 1.29 is 14.0 Å². The van der Waals surface area contributed by atoms with Crippen LogP contribution >= 0.6 is 11.6 Å². The van der Waals surface area contributed by atoms with Crippen molar-refractivity contribution in [3.05, 3.63) is 59.0 Å². The first-order valence-corrected chi connectivity index (χ1v) is 9.32. The number of nitrogens with one attached hydrogen (secondary N) is 2. The number of halogens is 1. The lowest BCUT2D eigenvalue weighted by molar-refractivity contribution is -0.130. The standard InChI is InChI=1S/C20H23ClN2O3/c21-17-9-3-14(4-10-17)12-22-19(24)15-5-7-16(8-6-15)20(25)23-13-18-2-1-11-26-18/h1-4,9-11,15-16H,5-8,12-13H2,(H,22,24)(H,23,25). The molecule has 0 radical (unpaired) electrons. The molecule has 1 heterocycles.